The zero-order valence-electron chi connectivity index (χ0n) is 28.4. The summed E-state index contributed by atoms with van der Waals surface area (Å²) in [5, 5.41) is 7.81. The number of ketones is 2. The molecular weight excluding hydrogens is 762 g/mol. The molecule has 6 aromatic rings. The van der Waals surface area contributed by atoms with Crippen molar-refractivity contribution < 1.29 is 24.0 Å². The fraction of sp³-hybridized carbons (Fsp3) is 0.0227. The molecule has 0 saturated heterocycles. The molecule has 1 atom stereocenters. The lowest BCUT2D eigenvalue weighted by molar-refractivity contribution is -0.116. The van der Waals surface area contributed by atoms with Crippen LogP contribution in [0.2, 0.25) is 0 Å². The minimum atomic E-state index is -0.739. The minimum absolute atomic E-state index is 0.0491. The van der Waals surface area contributed by atoms with Crippen molar-refractivity contribution in [3.05, 3.63) is 201 Å². The van der Waals surface area contributed by atoms with Gasteiger partial charge in [0.05, 0.1) is 11.3 Å². The highest BCUT2D eigenvalue weighted by Gasteiger charge is 2.33. The van der Waals surface area contributed by atoms with Gasteiger partial charge in [0.15, 0.2) is 11.6 Å². The van der Waals surface area contributed by atoms with Crippen LogP contribution in [0.3, 0.4) is 0 Å². The molecule has 6 aromatic carbocycles. The van der Waals surface area contributed by atoms with Crippen molar-refractivity contribution >= 4 is 74.4 Å². The lowest BCUT2D eigenvalue weighted by Crippen LogP contribution is -2.30. The topological polar surface area (TPSA) is 121 Å². The van der Waals surface area contributed by atoms with Gasteiger partial charge in [-0.3, -0.25) is 24.0 Å². The number of hydrogen-bond donors (Lipinski definition) is 3. The molecule has 1 aliphatic carbocycles. The standard InChI is InChI=1S/C44H30BrN3O5S/c45-30-16-9-11-27(25-30)26-37(48-42(51)29-14-5-2-6-15-29)43(52)46-31-21-23-32(24-22-31)54-41(28-12-3-1-4-13-28)44(53)47-36-20-10-19-35-38(36)40(50)34-18-8-7-17-33(34)39(35)49/h1-26,41H,(H,46,52)(H,47,53)(H,48,51)/b37-26-. The molecule has 7 rings (SSSR count). The number of thioether (sulfide) groups is 1. The van der Waals surface area contributed by atoms with E-state index in [1.54, 1.807) is 103 Å². The van der Waals surface area contributed by atoms with Gasteiger partial charge in [-0.2, -0.15) is 0 Å². The zero-order valence-corrected chi connectivity index (χ0v) is 30.8. The van der Waals surface area contributed by atoms with Crippen molar-refractivity contribution in [3.63, 3.8) is 0 Å². The van der Waals surface area contributed by atoms with Gasteiger partial charge in [0.1, 0.15) is 10.9 Å². The van der Waals surface area contributed by atoms with E-state index in [0.29, 0.717) is 27.9 Å². The summed E-state index contributed by atoms with van der Waals surface area (Å²) in [4.78, 5) is 68.3. The van der Waals surface area contributed by atoms with Gasteiger partial charge in [-0.1, -0.05) is 113 Å². The summed E-state index contributed by atoms with van der Waals surface area (Å²) >= 11 is 4.74. The van der Waals surface area contributed by atoms with E-state index in [4.69, 9.17) is 0 Å². The number of nitrogens with one attached hydrogen (secondary N) is 3. The first kappa shape index (κ1) is 36.0. The van der Waals surface area contributed by atoms with Gasteiger partial charge in [0.2, 0.25) is 5.91 Å². The Morgan fingerprint density at radius 3 is 1.96 bits per heavy atom. The first-order valence-corrected chi connectivity index (χ1v) is 18.5. The number of carbonyl (C=O) groups is 5. The number of carbonyl (C=O) groups excluding carboxylic acids is 5. The highest BCUT2D eigenvalue weighted by atomic mass is 79.9. The molecule has 0 aliphatic heterocycles. The van der Waals surface area contributed by atoms with Crippen LogP contribution in [-0.2, 0) is 9.59 Å². The Balaban J connectivity index is 1.10. The van der Waals surface area contributed by atoms with E-state index in [2.05, 4.69) is 31.9 Å². The molecule has 0 bridgehead atoms. The summed E-state index contributed by atoms with van der Waals surface area (Å²) < 4.78 is 0.818. The average molecular weight is 793 g/mol. The summed E-state index contributed by atoms with van der Waals surface area (Å²) in [6, 6.07) is 43.7. The van der Waals surface area contributed by atoms with Crippen molar-refractivity contribution in [2.24, 2.45) is 0 Å². The fourth-order valence-corrected chi connectivity index (χ4v) is 7.45. The maximum absolute atomic E-state index is 14.1. The van der Waals surface area contributed by atoms with Crippen LogP contribution in [0.15, 0.2) is 167 Å². The second-order valence-electron chi connectivity index (χ2n) is 12.2. The predicted molar refractivity (Wildman–Crippen MR) is 215 cm³/mol. The van der Waals surface area contributed by atoms with Gasteiger partial charge in [-0.25, -0.2) is 0 Å². The molecule has 3 amide bonds. The van der Waals surface area contributed by atoms with E-state index in [-0.39, 0.29) is 40.0 Å². The van der Waals surface area contributed by atoms with E-state index in [0.717, 1.165) is 14.9 Å². The van der Waals surface area contributed by atoms with Crippen LogP contribution in [0.4, 0.5) is 11.4 Å². The van der Waals surface area contributed by atoms with E-state index in [1.165, 1.54) is 11.8 Å². The molecular formula is C44H30BrN3O5S. The van der Waals surface area contributed by atoms with E-state index >= 15 is 0 Å². The Bertz CT molecular complexity index is 2450. The predicted octanol–water partition coefficient (Wildman–Crippen LogP) is 9.11. The highest BCUT2D eigenvalue weighted by molar-refractivity contribution is 9.10. The Hall–Kier alpha value is -6.36. The third-order valence-electron chi connectivity index (χ3n) is 8.61. The molecule has 54 heavy (non-hydrogen) atoms. The van der Waals surface area contributed by atoms with Crippen LogP contribution in [-0.4, -0.2) is 29.3 Å². The normalized spacial score (nSPS) is 12.6. The molecule has 8 nitrogen and oxygen atoms in total. The van der Waals surface area contributed by atoms with Crippen LogP contribution in [0.1, 0.15) is 58.6 Å². The van der Waals surface area contributed by atoms with Crippen molar-refractivity contribution in [2.75, 3.05) is 10.6 Å². The third kappa shape index (κ3) is 8.00. The largest absolute Gasteiger partial charge is 0.324 e. The molecule has 0 spiro atoms. The lowest BCUT2D eigenvalue weighted by atomic mass is 9.83. The number of anilines is 2. The van der Waals surface area contributed by atoms with Crippen LogP contribution in [0.5, 0.6) is 0 Å². The number of hydrogen-bond acceptors (Lipinski definition) is 6. The quantitative estimate of drug-likeness (QED) is 0.0939. The molecule has 264 valence electrons. The van der Waals surface area contributed by atoms with Crippen LogP contribution in [0, 0.1) is 0 Å². The third-order valence-corrected chi connectivity index (χ3v) is 10.4. The Kier molecular flexibility index (Phi) is 10.7. The number of rotatable bonds is 10. The van der Waals surface area contributed by atoms with Crippen LogP contribution in [0.25, 0.3) is 6.08 Å². The van der Waals surface area contributed by atoms with Crippen LogP contribution >= 0.6 is 27.7 Å². The summed E-state index contributed by atoms with van der Waals surface area (Å²) in [5.74, 6) is -1.94. The second kappa shape index (κ2) is 16.1. The van der Waals surface area contributed by atoms with Gasteiger partial charge >= 0.3 is 0 Å². The van der Waals surface area contributed by atoms with Gasteiger partial charge in [0, 0.05) is 37.3 Å². The Labute approximate surface area is 323 Å². The van der Waals surface area contributed by atoms with Gasteiger partial charge < -0.3 is 16.0 Å². The summed E-state index contributed by atoms with van der Waals surface area (Å²) in [7, 11) is 0. The molecule has 1 unspecified atom stereocenters. The molecule has 3 N–H and O–H groups in total. The number of amides is 3. The lowest BCUT2D eigenvalue weighted by Gasteiger charge is -2.22. The summed E-state index contributed by atoms with van der Waals surface area (Å²) in [6.45, 7) is 0. The monoisotopic (exact) mass is 791 g/mol. The number of fused-ring (bicyclic) bond motifs is 2. The molecule has 0 aromatic heterocycles. The number of halogens is 1. The SMILES string of the molecule is O=C(Nc1ccc(SC(C(=O)Nc2cccc3c2C(=O)c2ccccc2C3=O)c2ccccc2)cc1)/C(=C/c1cccc(Br)c1)NC(=O)c1ccccc1. The van der Waals surface area contributed by atoms with E-state index in [1.807, 2.05) is 54.6 Å². The molecule has 0 heterocycles. The van der Waals surface area contributed by atoms with E-state index in [9.17, 15) is 24.0 Å². The van der Waals surface area contributed by atoms with E-state index < -0.39 is 17.1 Å². The summed E-state index contributed by atoms with van der Waals surface area (Å²) in [5.41, 5.74) is 3.66. The fourth-order valence-electron chi connectivity index (χ4n) is 6.01. The smallest absolute Gasteiger partial charge is 0.272 e. The zero-order chi connectivity index (χ0) is 37.6. The number of benzene rings is 6. The van der Waals surface area contributed by atoms with Gasteiger partial charge in [0.25, 0.3) is 11.8 Å². The molecule has 0 radical (unpaired) electrons. The minimum Gasteiger partial charge on any atom is -0.324 e. The molecule has 0 fully saturated rings. The highest BCUT2D eigenvalue weighted by Crippen LogP contribution is 2.38. The van der Waals surface area contributed by atoms with Gasteiger partial charge in [-0.15, -0.1) is 11.8 Å². The van der Waals surface area contributed by atoms with Crippen molar-refractivity contribution in [1.29, 1.82) is 0 Å². The van der Waals surface area contributed by atoms with Crippen molar-refractivity contribution in [1.82, 2.24) is 5.32 Å². The van der Waals surface area contributed by atoms with Crippen molar-refractivity contribution in [2.45, 2.75) is 10.1 Å². The van der Waals surface area contributed by atoms with Gasteiger partial charge in [-0.05, 0) is 71.8 Å². The maximum Gasteiger partial charge on any atom is 0.272 e. The maximum atomic E-state index is 14.1. The second-order valence-corrected chi connectivity index (χ2v) is 14.3. The van der Waals surface area contributed by atoms with Crippen molar-refractivity contribution in [3.8, 4) is 0 Å². The van der Waals surface area contributed by atoms with Crippen LogP contribution < -0.4 is 16.0 Å². The Morgan fingerprint density at radius 2 is 1.26 bits per heavy atom. The average Bonchev–Trinajstić information content (AvgIpc) is 3.20. The summed E-state index contributed by atoms with van der Waals surface area (Å²) in [6.07, 6.45) is 1.60. The molecule has 1 aliphatic rings. The molecule has 0 saturated carbocycles. The first-order chi connectivity index (χ1) is 26.2. The first-order valence-electron chi connectivity index (χ1n) is 16.8. The Morgan fingerprint density at radius 1 is 0.630 bits per heavy atom. The molecule has 10 heteroatoms.